The maximum absolute atomic E-state index is 2.37. The molecule has 0 saturated carbocycles. The van der Waals surface area contributed by atoms with Crippen molar-refractivity contribution in [3.63, 3.8) is 0 Å². The molecule has 524 valence electrons. The first-order valence-corrected chi connectivity index (χ1v) is 36.7. The van der Waals surface area contributed by atoms with Crippen molar-refractivity contribution in [1.82, 2.24) is 0 Å². The van der Waals surface area contributed by atoms with Crippen LogP contribution in [0.2, 0.25) is 0 Å². The number of benzene rings is 5. The maximum atomic E-state index is 2.37. The van der Waals surface area contributed by atoms with Crippen LogP contribution in [0.1, 0.15) is 238 Å². The fourth-order valence-electron chi connectivity index (χ4n) is 12.4. The molecule has 0 fully saturated rings. The van der Waals surface area contributed by atoms with E-state index >= 15 is 0 Å². The van der Waals surface area contributed by atoms with Gasteiger partial charge in [0, 0.05) is 88.5 Å². The van der Waals surface area contributed by atoms with Crippen LogP contribution in [0.25, 0.3) is 56.3 Å². The number of rotatable bonds is 12. The lowest BCUT2D eigenvalue weighted by Crippen LogP contribution is -2.31. The van der Waals surface area contributed by atoms with Gasteiger partial charge in [-0.15, -0.1) is 0 Å². The van der Waals surface area contributed by atoms with Crippen molar-refractivity contribution >= 4 is 0 Å². The topological polar surface area (TPSA) is 19.4 Å². The molecule has 5 heteroatoms. The van der Waals surface area contributed by atoms with E-state index < -0.39 is 0 Å². The van der Waals surface area contributed by atoms with Crippen LogP contribution < -0.4 is 22.8 Å². The molecule has 0 radical (unpaired) electrons. The Labute approximate surface area is 602 Å². The molecule has 0 aliphatic heterocycles. The fourth-order valence-corrected chi connectivity index (χ4v) is 12.4. The Balaban J connectivity index is 0.000000195. The van der Waals surface area contributed by atoms with E-state index in [-0.39, 0.29) is 10.8 Å². The van der Waals surface area contributed by atoms with Gasteiger partial charge in [-0.25, -0.2) is 22.8 Å². The summed E-state index contributed by atoms with van der Waals surface area (Å²) in [4.78, 5) is 0. The summed E-state index contributed by atoms with van der Waals surface area (Å²) >= 11 is 0. The minimum atomic E-state index is 0.177. The highest BCUT2D eigenvalue weighted by Gasteiger charge is 2.23. The van der Waals surface area contributed by atoms with Gasteiger partial charge in [0.05, 0.1) is 0 Å². The van der Waals surface area contributed by atoms with Gasteiger partial charge in [0.25, 0.3) is 0 Å². The third-order valence-corrected chi connectivity index (χ3v) is 19.5. The van der Waals surface area contributed by atoms with E-state index in [0.717, 1.165) is 6.42 Å². The van der Waals surface area contributed by atoms with Crippen molar-refractivity contribution in [2.75, 3.05) is 0 Å². The van der Waals surface area contributed by atoms with Crippen molar-refractivity contribution in [3.05, 3.63) is 266 Å². The van der Waals surface area contributed by atoms with Crippen LogP contribution >= 0.6 is 0 Å². The van der Waals surface area contributed by atoms with Crippen molar-refractivity contribution in [3.8, 4) is 56.3 Å². The Hall–Kier alpha value is -8.15. The molecule has 0 atom stereocenters. The molecule has 0 spiro atoms. The van der Waals surface area contributed by atoms with Crippen molar-refractivity contribution in [1.29, 1.82) is 0 Å². The van der Waals surface area contributed by atoms with Gasteiger partial charge in [0.2, 0.25) is 28.5 Å². The molecule has 5 heterocycles. The predicted octanol–water partition coefficient (Wildman–Crippen LogP) is 22.5. The van der Waals surface area contributed by atoms with Crippen LogP contribution in [0, 0.1) is 54.4 Å². The maximum Gasteiger partial charge on any atom is 0.212 e. The Morgan fingerprint density at radius 3 is 0.949 bits per heavy atom. The Morgan fingerprint density at radius 1 is 0.263 bits per heavy atom. The van der Waals surface area contributed by atoms with Crippen LogP contribution in [-0.4, -0.2) is 0 Å². The zero-order valence-electron chi connectivity index (χ0n) is 67.2. The van der Waals surface area contributed by atoms with Gasteiger partial charge in [0.1, 0.15) is 35.2 Å². The highest BCUT2D eigenvalue weighted by atomic mass is 14.9. The van der Waals surface area contributed by atoms with Gasteiger partial charge >= 0.3 is 0 Å². The summed E-state index contributed by atoms with van der Waals surface area (Å²) in [5.41, 5.74) is 34.1. The van der Waals surface area contributed by atoms with Crippen LogP contribution in [0.3, 0.4) is 0 Å². The quantitative estimate of drug-likeness (QED) is 0.109. The summed E-state index contributed by atoms with van der Waals surface area (Å²) in [6, 6.07) is 56.6. The van der Waals surface area contributed by atoms with Gasteiger partial charge in [-0.2, -0.15) is 0 Å². The van der Waals surface area contributed by atoms with Gasteiger partial charge in [-0.3, -0.25) is 0 Å². The van der Waals surface area contributed by atoms with Crippen LogP contribution in [-0.2, 0) is 52.5 Å². The molecule has 0 bridgehead atoms. The average molecular weight is 1330 g/mol. The lowest BCUT2D eigenvalue weighted by molar-refractivity contribution is -0.660. The monoisotopic (exact) mass is 1330 g/mol. The Kier molecular flexibility index (Phi) is 28.0. The second kappa shape index (κ2) is 34.8. The minimum Gasteiger partial charge on any atom is -0.201 e. The molecule has 0 unspecified atom stereocenters. The smallest absolute Gasteiger partial charge is 0.201 e. The normalized spacial score (nSPS) is 11.5. The van der Waals surface area contributed by atoms with Gasteiger partial charge in [0.15, 0.2) is 31.0 Å². The summed E-state index contributed by atoms with van der Waals surface area (Å²) in [5.74, 6) is 3.49. The van der Waals surface area contributed by atoms with Crippen molar-refractivity contribution in [2.45, 2.75) is 220 Å². The third kappa shape index (κ3) is 21.9. The summed E-state index contributed by atoms with van der Waals surface area (Å²) < 4.78 is 11.1. The number of nitrogens with zero attached hydrogens (tertiary/aromatic N) is 5. The highest BCUT2D eigenvalue weighted by molar-refractivity contribution is 5.67. The van der Waals surface area contributed by atoms with E-state index in [1.165, 1.54) is 140 Å². The molecule has 5 nitrogen and oxygen atoms in total. The fraction of sp³-hybridized carbons (Fsp3) is 0.415. The molecular formula is C94H128N5+5. The van der Waals surface area contributed by atoms with Crippen LogP contribution in [0.5, 0.6) is 0 Å². The first kappa shape index (κ1) is 79.8. The number of pyridine rings is 5. The molecule has 10 rings (SSSR count). The SMILES string of the molecule is Cc1cc[n+](C)c(-c2ccc(C(C)(C)C)cc2C)c1.Cc1ccc(C(C)(C)C)cc1-c1cc(C(C)C)cc[n+]1C.Cc1ccc(C(C)C)cc1-c1cc(C(C)C)cc[n+]1C.Cc1ccc(C)c(-c2cc(C(C)C)cc[n+]2C)c1.Cc1ccc(CC(C)C)cc1-c1cc(C(C)C)cc[n+]1C. The molecule has 99 heavy (non-hydrogen) atoms. The average Bonchev–Trinajstić information content (AvgIpc) is 0.840. The first-order chi connectivity index (χ1) is 46.2. The number of aryl methyl sites for hydroxylation is 12. The number of aromatic nitrogens is 5. The molecule has 10 aromatic rings. The van der Waals surface area contributed by atoms with E-state index in [4.69, 9.17) is 0 Å². The second-order valence-electron chi connectivity index (χ2n) is 32.5. The van der Waals surface area contributed by atoms with Gasteiger partial charge < -0.3 is 0 Å². The van der Waals surface area contributed by atoms with Crippen molar-refractivity contribution < 1.29 is 22.8 Å². The van der Waals surface area contributed by atoms with Gasteiger partial charge in [-0.1, -0.05) is 191 Å². The molecular weight excluding hydrogens is 1200 g/mol. The van der Waals surface area contributed by atoms with E-state index in [1.54, 1.807) is 0 Å². The standard InChI is InChI=1S/2C20H28N.C19H26N.C18H24N.C17H22N/c1-14(2)16-10-11-21(7)19(12-16)18-13-17(20(4,5)6)9-8-15(18)3;1-14(2)11-17-8-7-16(5)19(12-17)20-13-18(15(3)4)9-10-21(20)6;1-13(2)16-8-7-15(5)18(11-16)19-12-17(14(3)4)9-10-20(19)6;1-13-9-10-19(6)17(11-13)16-8-7-15(12-14(16)2)18(3,4)5;1-12(2)15-8-9-18(5)17(11-15)16-10-13(3)6-7-14(16)4/h8-14H,1-7H3;7-10,12-15H,11H2,1-6H3;7-14H,1-6H3;7-12H,1-6H3;6-12H,1-5H3/q5*+1. The Bertz CT molecular complexity index is 4290. The molecule has 5 aromatic heterocycles. The van der Waals surface area contributed by atoms with Crippen molar-refractivity contribution in [2.24, 2.45) is 41.2 Å². The van der Waals surface area contributed by atoms with E-state index in [9.17, 15) is 0 Å². The Morgan fingerprint density at radius 2 is 0.566 bits per heavy atom. The summed E-state index contributed by atoms with van der Waals surface area (Å²) in [6.07, 6.45) is 12.0. The zero-order valence-corrected chi connectivity index (χ0v) is 67.2. The number of hydrogen-bond acceptors (Lipinski definition) is 0. The number of hydrogen-bond donors (Lipinski definition) is 0. The lowest BCUT2D eigenvalue weighted by atomic mass is 9.84. The largest absolute Gasteiger partial charge is 0.212 e. The predicted molar refractivity (Wildman–Crippen MR) is 425 cm³/mol. The van der Waals surface area contributed by atoms with E-state index in [0.29, 0.717) is 35.5 Å². The molecule has 0 aliphatic rings. The minimum absolute atomic E-state index is 0.177. The summed E-state index contributed by atoms with van der Waals surface area (Å²) in [7, 11) is 10.6. The van der Waals surface area contributed by atoms with Gasteiger partial charge in [-0.05, 0) is 209 Å². The highest BCUT2D eigenvalue weighted by Crippen LogP contribution is 2.33. The summed E-state index contributed by atoms with van der Waals surface area (Å²) in [6.45, 7) is 55.9. The van der Waals surface area contributed by atoms with E-state index in [1.807, 2.05) is 0 Å². The third-order valence-electron chi connectivity index (χ3n) is 19.5. The van der Waals surface area contributed by atoms with Crippen LogP contribution in [0.4, 0.5) is 0 Å². The first-order valence-electron chi connectivity index (χ1n) is 36.7. The molecule has 5 aromatic carbocycles. The zero-order chi connectivity index (χ0) is 73.7. The molecule has 0 amide bonds. The summed E-state index contributed by atoms with van der Waals surface area (Å²) in [5, 5.41) is 0. The van der Waals surface area contributed by atoms with E-state index in [2.05, 4.69) is 414 Å². The molecule has 0 saturated heterocycles. The second-order valence-corrected chi connectivity index (χ2v) is 32.5. The lowest BCUT2D eigenvalue weighted by Gasteiger charge is -2.20. The van der Waals surface area contributed by atoms with Crippen LogP contribution in [0.15, 0.2) is 183 Å². The molecule has 0 N–H and O–H groups in total. The molecule has 0 aliphatic carbocycles.